The van der Waals surface area contributed by atoms with Gasteiger partial charge in [0.05, 0.1) is 16.9 Å². The third-order valence-corrected chi connectivity index (χ3v) is 5.18. The molecule has 24 heavy (non-hydrogen) atoms. The van der Waals surface area contributed by atoms with Crippen molar-refractivity contribution in [3.05, 3.63) is 83.9 Å². The van der Waals surface area contributed by atoms with Crippen LogP contribution in [0.5, 0.6) is 0 Å². The van der Waals surface area contributed by atoms with Crippen LogP contribution in [0.1, 0.15) is 15.9 Å². The molecule has 3 aromatic rings. The molecule has 0 saturated heterocycles. The first kappa shape index (κ1) is 14.8. The van der Waals surface area contributed by atoms with Gasteiger partial charge in [-0.05, 0) is 42.0 Å². The van der Waals surface area contributed by atoms with Gasteiger partial charge in [0.2, 0.25) is 0 Å². The van der Waals surface area contributed by atoms with Crippen LogP contribution in [-0.2, 0) is 6.54 Å². The summed E-state index contributed by atoms with van der Waals surface area (Å²) in [5, 5.41) is 9.21. The van der Waals surface area contributed by atoms with E-state index in [1.54, 1.807) is 30.0 Å². The van der Waals surface area contributed by atoms with E-state index >= 15 is 0 Å². The van der Waals surface area contributed by atoms with Gasteiger partial charge in [-0.15, -0.1) is 0 Å². The standard InChI is InChI=1S/C20H15NO2S/c22-20(23)15-7-5-6-14(12-15)13-21-16-8-1-3-10-18(16)24-19-11-4-2-9-17(19)21/h1-12H,13H2,(H,22,23). The lowest BCUT2D eigenvalue weighted by Crippen LogP contribution is -2.20. The fourth-order valence-corrected chi connectivity index (χ4v) is 4.03. The number of carboxylic acid groups (broad SMARTS) is 1. The zero-order chi connectivity index (χ0) is 16.5. The molecule has 0 aliphatic carbocycles. The van der Waals surface area contributed by atoms with Gasteiger partial charge in [0.15, 0.2) is 0 Å². The molecule has 1 N–H and O–H groups in total. The number of hydrogen-bond donors (Lipinski definition) is 1. The summed E-state index contributed by atoms with van der Waals surface area (Å²) in [6.07, 6.45) is 0. The van der Waals surface area contributed by atoms with E-state index in [9.17, 15) is 9.90 Å². The van der Waals surface area contributed by atoms with Crippen molar-refractivity contribution in [2.45, 2.75) is 16.3 Å². The molecule has 118 valence electrons. The second-order valence-electron chi connectivity index (χ2n) is 5.63. The minimum atomic E-state index is -0.896. The van der Waals surface area contributed by atoms with E-state index in [-0.39, 0.29) is 0 Å². The zero-order valence-corrected chi connectivity index (χ0v) is 13.7. The van der Waals surface area contributed by atoms with Crippen molar-refractivity contribution < 1.29 is 9.90 Å². The Labute approximate surface area is 144 Å². The second kappa shape index (κ2) is 6.06. The maximum Gasteiger partial charge on any atom is 0.335 e. The average molecular weight is 333 g/mol. The van der Waals surface area contributed by atoms with Crippen LogP contribution in [0.3, 0.4) is 0 Å². The van der Waals surface area contributed by atoms with E-state index in [4.69, 9.17) is 0 Å². The van der Waals surface area contributed by atoms with E-state index in [1.807, 2.05) is 30.3 Å². The van der Waals surface area contributed by atoms with Gasteiger partial charge < -0.3 is 10.0 Å². The van der Waals surface area contributed by atoms with Crippen molar-refractivity contribution in [1.29, 1.82) is 0 Å². The fourth-order valence-electron chi connectivity index (χ4n) is 2.94. The molecule has 0 spiro atoms. The Kier molecular flexibility index (Phi) is 3.75. The Balaban J connectivity index is 1.78. The monoisotopic (exact) mass is 333 g/mol. The molecule has 1 aliphatic heterocycles. The highest BCUT2D eigenvalue weighted by Crippen LogP contribution is 2.48. The normalized spacial score (nSPS) is 12.4. The Morgan fingerprint density at radius 1 is 0.875 bits per heavy atom. The molecule has 0 atom stereocenters. The van der Waals surface area contributed by atoms with Crippen LogP contribution in [-0.4, -0.2) is 11.1 Å². The summed E-state index contributed by atoms with van der Waals surface area (Å²) in [4.78, 5) is 15.9. The molecule has 0 bridgehead atoms. The highest BCUT2D eigenvalue weighted by atomic mass is 32.2. The molecule has 4 heteroatoms. The molecule has 0 fully saturated rings. The summed E-state index contributed by atoms with van der Waals surface area (Å²) in [7, 11) is 0. The minimum absolute atomic E-state index is 0.320. The number of anilines is 2. The van der Waals surface area contributed by atoms with Crippen LogP contribution >= 0.6 is 11.8 Å². The first-order valence-corrected chi connectivity index (χ1v) is 8.50. The van der Waals surface area contributed by atoms with Gasteiger partial charge in [0, 0.05) is 16.3 Å². The maximum atomic E-state index is 11.2. The van der Waals surface area contributed by atoms with Gasteiger partial charge in [-0.25, -0.2) is 4.79 Å². The highest BCUT2D eigenvalue weighted by molar-refractivity contribution is 7.99. The number of fused-ring (bicyclic) bond motifs is 2. The van der Waals surface area contributed by atoms with Crippen molar-refractivity contribution >= 4 is 29.1 Å². The largest absolute Gasteiger partial charge is 0.478 e. The number of benzene rings is 3. The van der Waals surface area contributed by atoms with Crippen LogP contribution in [0, 0.1) is 0 Å². The number of carboxylic acids is 1. The van der Waals surface area contributed by atoms with Gasteiger partial charge >= 0.3 is 5.97 Å². The summed E-state index contributed by atoms with van der Waals surface area (Å²) < 4.78 is 0. The average Bonchev–Trinajstić information content (AvgIpc) is 2.62. The summed E-state index contributed by atoms with van der Waals surface area (Å²) in [6.45, 7) is 0.635. The molecule has 1 heterocycles. The minimum Gasteiger partial charge on any atom is -0.478 e. The van der Waals surface area contributed by atoms with Gasteiger partial charge in [-0.1, -0.05) is 48.2 Å². The number of aromatic carboxylic acids is 1. The molecular formula is C20H15NO2S. The molecule has 4 rings (SSSR count). The Bertz CT molecular complexity index is 877. The van der Waals surface area contributed by atoms with Crippen LogP contribution in [0.2, 0.25) is 0 Å². The molecule has 0 saturated carbocycles. The Morgan fingerprint density at radius 2 is 1.50 bits per heavy atom. The van der Waals surface area contributed by atoms with Crippen LogP contribution in [0.4, 0.5) is 11.4 Å². The third kappa shape index (κ3) is 2.65. The molecule has 3 nitrogen and oxygen atoms in total. The summed E-state index contributed by atoms with van der Waals surface area (Å²) >= 11 is 1.77. The first-order chi connectivity index (χ1) is 11.7. The van der Waals surface area contributed by atoms with Crippen molar-refractivity contribution in [2.24, 2.45) is 0 Å². The van der Waals surface area contributed by atoms with Crippen LogP contribution in [0.25, 0.3) is 0 Å². The molecule has 0 unspecified atom stereocenters. The SMILES string of the molecule is O=C(O)c1cccc(CN2c3ccccc3Sc3ccccc32)c1. The highest BCUT2D eigenvalue weighted by Gasteiger charge is 2.22. The molecule has 0 amide bonds. The Morgan fingerprint density at radius 3 is 2.12 bits per heavy atom. The van der Waals surface area contributed by atoms with E-state index in [0.29, 0.717) is 12.1 Å². The number of nitrogens with zero attached hydrogens (tertiary/aromatic N) is 1. The number of rotatable bonds is 3. The van der Waals surface area contributed by atoms with Crippen molar-refractivity contribution in [3.63, 3.8) is 0 Å². The Hall–Kier alpha value is -2.72. The van der Waals surface area contributed by atoms with Crippen molar-refractivity contribution in [3.8, 4) is 0 Å². The summed E-state index contributed by atoms with van der Waals surface area (Å²) in [5.41, 5.74) is 3.61. The van der Waals surface area contributed by atoms with Crippen LogP contribution < -0.4 is 4.90 Å². The fraction of sp³-hybridized carbons (Fsp3) is 0.0500. The van der Waals surface area contributed by atoms with Gasteiger partial charge in [0.25, 0.3) is 0 Å². The lowest BCUT2D eigenvalue weighted by Gasteiger charge is -2.32. The van der Waals surface area contributed by atoms with E-state index in [2.05, 4.69) is 29.2 Å². The van der Waals surface area contributed by atoms with Gasteiger partial charge in [-0.2, -0.15) is 0 Å². The smallest absolute Gasteiger partial charge is 0.335 e. The predicted octanol–water partition coefficient (Wildman–Crippen LogP) is 5.19. The number of para-hydroxylation sites is 2. The lowest BCUT2D eigenvalue weighted by molar-refractivity contribution is 0.0696. The third-order valence-electron chi connectivity index (χ3n) is 4.05. The maximum absolute atomic E-state index is 11.2. The summed E-state index contributed by atoms with van der Waals surface area (Å²) in [5.74, 6) is -0.896. The van der Waals surface area contributed by atoms with E-state index in [1.165, 1.54) is 9.79 Å². The lowest BCUT2D eigenvalue weighted by atomic mass is 10.1. The molecule has 0 aromatic heterocycles. The molecule has 1 aliphatic rings. The quantitative estimate of drug-likeness (QED) is 0.716. The van der Waals surface area contributed by atoms with Crippen molar-refractivity contribution in [1.82, 2.24) is 0 Å². The van der Waals surface area contributed by atoms with Gasteiger partial charge in [0.1, 0.15) is 0 Å². The number of carbonyl (C=O) groups is 1. The first-order valence-electron chi connectivity index (χ1n) is 7.68. The molecule has 3 aromatic carbocycles. The van der Waals surface area contributed by atoms with Gasteiger partial charge in [-0.3, -0.25) is 0 Å². The topological polar surface area (TPSA) is 40.5 Å². The van der Waals surface area contributed by atoms with Crippen molar-refractivity contribution in [2.75, 3.05) is 4.90 Å². The predicted molar refractivity (Wildman–Crippen MR) is 96.3 cm³/mol. The molecule has 0 radical (unpaired) electrons. The number of hydrogen-bond acceptors (Lipinski definition) is 3. The van der Waals surface area contributed by atoms with E-state index in [0.717, 1.165) is 16.9 Å². The summed E-state index contributed by atoms with van der Waals surface area (Å²) in [6, 6.07) is 23.8. The molecular weight excluding hydrogens is 318 g/mol. The zero-order valence-electron chi connectivity index (χ0n) is 12.8. The van der Waals surface area contributed by atoms with Crippen LogP contribution in [0.15, 0.2) is 82.6 Å². The second-order valence-corrected chi connectivity index (χ2v) is 6.71. The van der Waals surface area contributed by atoms with E-state index < -0.39 is 5.97 Å².